The van der Waals surface area contributed by atoms with Crippen LogP contribution in [-0.4, -0.2) is 14.1 Å². The van der Waals surface area contributed by atoms with Crippen LogP contribution in [-0.2, 0) is 0 Å². The second-order valence-electron chi connectivity index (χ2n) is 15.5. The van der Waals surface area contributed by atoms with E-state index in [-0.39, 0.29) is 0 Å². The van der Waals surface area contributed by atoms with E-state index < -0.39 is 0 Å². The fourth-order valence-corrected chi connectivity index (χ4v) is 10.2. The summed E-state index contributed by atoms with van der Waals surface area (Å²) in [5.74, 6) is 0. The molecule has 0 unspecified atom stereocenters. The van der Waals surface area contributed by atoms with Gasteiger partial charge in [0.05, 0.1) is 51.1 Å². The van der Waals surface area contributed by atoms with Gasteiger partial charge in [-0.3, -0.25) is 4.98 Å². The number of furan rings is 1. The summed E-state index contributed by atoms with van der Waals surface area (Å²) in [7, 11) is 0. The van der Waals surface area contributed by atoms with Crippen molar-refractivity contribution in [1.29, 1.82) is 5.26 Å². The van der Waals surface area contributed by atoms with Crippen molar-refractivity contribution in [2.45, 2.75) is 0 Å². The van der Waals surface area contributed by atoms with Crippen LogP contribution < -0.4 is 0 Å². The maximum atomic E-state index is 11.7. The van der Waals surface area contributed by atoms with Crippen LogP contribution in [0.3, 0.4) is 0 Å². The highest BCUT2D eigenvalue weighted by Crippen LogP contribution is 2.53. The van der Waals surface area contributed by atoms with Crippen molar-refractivity contribution in [2.75, 3.05) is 0 Å². The van der Waals surface area contributed by atoms with Crippen LogP contribution in [0.15, 0.2) is 180 Å². The Morgan fingerprint density at radius 3 is 1.84 bits per heavy atom. The average molecular weight is 776 g/mol. The van der Waals surface area contributed by atoms with E-state index in [0.717, 1.165) is 104 Å². The molecule has 0 N–H and O–H groups in total. The minimum Gasteiger partial charge on any atom is -0.456 e. The molecule has 280 valence electrons. The third-order valence-corrected chi connectivity index (χ3v) is 12.6. The molecule has 0 aliphatic carbocycles. The highest BCUT2D eigenvalue weighted by atomic mass is 16.3. The summed E-state index contributed by atoms with van der Waals surface area (Å²) >= 11 is 0. The van der Waals surface area contributed by atoms with Gasteiger partial charge in [-0.2, -0.15) is 5.26 Å². The number of nitriles is 1. The van der Waals surface area contributed by atoms with E-state index in [4.69, 9.17) is 16.0 Å². The number of pyridine rings is 1. The van der Waals surface area contributed by atoms with E-state index in [0.29, 0.717) is 28.2 Å². The number of nitrogens with zero attached hydrogens (tertiary/aromatic N) is 5. The van der Waals surface area contributed by atoms with E-state index in [1.54, 1.807) is 0 Å². The van der Waals surface area contributed by atoms with Crippen molar-refractivity contribution in [1.82, 2.24) is 14.1 Å². The lowest BCUT2D eigenvalue weighted by Gasteiger charge is -2.25. The molecule has 4 aromatic heterocycles. The topological polar surface area (TPSA) is 64.0 Å². The van der Waals surface area contributed by atoms with Gasteiger partial charge in [-0.1, -0.05) is 133 Å². The Morgan fingerprint density at radius 2 is 1.07 bits per heavy atom. The van der Waals surface area contributed by atoms with Crippen LogP contribution in [0, 0.1) is 17.9 Å². The van der Waals surface area contributed by atoms with Gasteiger partial charge in [0, 0.05) is 55.0 Å². The molecule has 0 radical (unpaired) electrons. The van der Waals surface area contributed by atoms with Gasteiger partial charge in [-0.25, -0.2) is 4.85 Å². The molecule has 9 aromatic carbocycles. The third kappa shape index (κ3) is 4.35. The summed E-state index contributed by atoms with van der Waals surface area (Å²) in [6, 6.07) is 60.6. The molecule has 0 fully saturated rings. The van der Waals surface area contributed by atoms with Gasteiger partial charge in [0.2, 0.25) is 5.69 Å². The predicted molar refractivity (Wildman–Crippen MR) is 248 cm³/mol. The van der Waals surface area contributed by atoms with Crippen molar-refractivity contribution in [2.24, 2.45) is 0 Å². The molecular weight excluding hydrogens is 747 g/mol. The van der Waals surface area contributed by atoms with E-state index in [9.17, 15) is 5.26 Å². The van der Waals surface area contributed by atoms with Gasteiger partial charge < -0.3 is 13.6 Å². The molecule has 13 rings (SSSR count). The molecule has 0 aliphatic heterocycles. The van der Waals surface area contributed by atoms with Gasteiger partial charge >= 0.3 is 0 Å². The van der Waals surface area contributed by atoms with Gasteiger partial charge in [0.25, 0.3) is 0 Å². The third-order valence-electron chi connectivity index (χ3n) is 12.6. The molecule has 0 amide bonds. The molecule has 4 heterocycles. The average Bonchev–Trinajstić information content (AvgIpc) is 3.99. The smallest absolute Gasteiger partial charge is 0.220 e. The van der Waals surface area contributed by atoms with Crippen molar-refractivity contribution in [3.8, 4) is 39.7 Å². The quantitative estimate of drug-likeness (QED) is 0.132. The number of fused-ring (bicyclic) bond motifs is 10. The first-order valence-corrected chi connectivity index (χ1v) is 20.2. The fourth-order valence-electron chi connectivity index (χ4n) is 10.2. The van der Waals surface area contributed by atoms with E-state index in [1.165, 1.54) is 0 Å². The molecule has 0 saturated carbocycles. The number of rotatable bonds is 4. The Labute approximate surface area is 348 Å². The standard InChI is InChI=1S/C55H29N5O/c1-57-53-46(32-15-4-2-5-16-32)39(31-56)54(59-40-24-12-10-21-37(40)49-42(59)27-28-45-50(49)38-22-11-13-26-44(38)61-45)47(33-17-6-3-7-18-33)55(53)60-41-25-14-23-35-34-19-8-9-20-36(34)52-51(48(35)41)43(60)29-30-58-52/h2-30H. The number of para-hydroxylation sites is 2. The Hall–Kier alpha value is -8.71. The lowest BCUT2D eigenvalue weighted by molar-refractivity contribution is 0.669. The highest BCUT2D eigenvalue weighted by molar-refractivity contribution is 6.34. The molecule has 0 atom stereocenters. The first-order chi connectivity index (χ1) is 30.2. The van der Waals surface area contributed by atoms with E-state index in [1.807, 2.05) is 79.0 Å². The maximum absolute atomic E-state index is 11.7. The second-order valence-corrected chi connectivity index (χ2v) is 15.5. The lowest BCUT2D eigenvalue weighted by atomic mass is 9.88. The lowest BCUT2D eigenvalue weighted by Crippen LogP contribution is -2.08. The van der Waals surface area contributed by atoms with E-state index in [2.05, 4.69) is 117 Å². The van der Waals surface area contributed by atoms with Gasteiger partial charge in [0.1, 0.15) is 17.2 Å². The maximum Gasteiger partial charge on any atom is 0.220 e. The molecular formula is C55H29N5O. The van der Waals surface area contributed by atoms with Crippen LogP contribution in [0.1, 0.15) is 5.56 Å². The van der Waals surface area contributed by atoms with Crippen LogP contribution in [0.5, 0.6) is 0 Å². The molecule has 13 aromatic rings. The summed E-state index contributed by atoms with van der Waals surface area (Å²) in [6.45, 7) is 9.16. The van der Waals surface area contributed by atoms with Crippen LogP contribution in [0.4, 0.5) is 5.69 Å². The molecule has 6 heteroatoms. The van der Waals surface area contributed by atoms with E-state index >= 15 is 0 Å². The minimum absolute atomic E-state index is 0.397. The molecule has 61 heavy (non-hydrogen) atoms. The Balaban J connectivity index is 1.32. The first kappa shape index (κ1) is 33.3. The zero-order valence-electron chi connectivity index (χ0n) is 32.4. The molecule has 6 nitrogen and oxygen atoms in total. The van der Waals surface area contributed by atoms with Gasteiger partial charge in [-0.15, -0.1) is 0 Å². The summed E-state index contributed by atoms with van der Waals surface area (Å²) in [5, 5.41) is 21.3. The van der Waals surface area contributed by atoms with Gasteiger partial charge in [-0.05, 0) is 58.3 Å². The summed E-state index contributed by atoms with van der Waals surface area (Å²) in [5.41, 5.74) is 11.5. The number of hydrogen-bond acceptors (Lipinski definition) is 3. The zero-order chi connectivity index (χ0) is 40.3. The Bertz CT molecular complexity index is 3980. The first-order valence-electron chi connectivity index (χ1n) is 20.2. The minimum atomic E-state index is 0.397. The largest absolute Gasteiger partial charge is 0.456 e. The van der Waals surface area contributed by atoms with Gasteiger partial charge in [0.15, 0.2) is 0 Å². The fraction of sp³-hybridized carbons (Fsp3) is 0. The Morgan fingerprint density at radius 1 is 0.475 bits per heavy atom. The Kier molecular flexibility index (Phi) is 6.76. The SMILES string of the molecule is [C-]#[N+]c1c(-c2ccccc2)c(C#N)c(-n2c3ccccc3c3c4c(ccc32)oc2ccccc24)c(-c2ccccc2)c1-n1c2cccc3c4ccccc4c4nccc1c4c32. The summed E-state index contributed by atoms with van der Waals surface area (Å²) < 4.78 is 11.0. The van der Waals surface area contributed by atoms with Crippen molar-refractivity contribution in [3.05, 3.63) is 193 Å². The van der Waals surface area contributed by atoms with Crippen molar-refractivity contribution in [3.63, 3.8) is 0 Å². The van der Waals surface area contributed by atoms with Crippen LogP contribution in [0.25, 0.3) is 126 Å². The molecule has 0 saturated heterocycles. The number of aromatic nitrogens is 3. The normalized spacial score (nSPS) is 11.9. The molecule has 0 bridgehead atoms. The zero-order valence-corrected chi connectivity index (χ0v) is 32.4. The van der Waals surface area contributed by atoms with Crippen LogP contribution in [0.2, 0.25) is 0 Å². The molecule has 0 aliphatic rings. The number of hydrogen-bond donors (Lipinski definition) is 0. The highest BCUT2D eigenvalue weighted by Gasteiger charge is 2.32. The summed E-state index contributed by atoms with van der Waals surface area (Å²) in [4.78, 5) is 9.49. The van der Waals surface area contributed by atoms with Crippen LogP contribution >= 0.6 is 0 Å². The second kappa shape index (κ2) is 12.4. The van der Waals surface area contributed by atoms with Crippen molar-refractivity contribution < 1.29 is 4.42 Å². The van der Waals surface area contributed by atoms with Crippen molar-refractivity contribution >= 4 is 92.9 Å². The predicted octanol–water partition coefficient (Wildman–Crippen LogP) is 14.7. The monoisotopic (exact) mass is 775 g/mol. The number of benzene rings is 9. The molecule has 0 spiro atoms. The summed E-state index contributed by atoms with van der Waals surface area (Å²) in [6.07, 6.45) is 1.88.